The van der Waals surface area contributed by atoms with E-state index in [1.165, 1.54) is 44.9 Å². The maximum atomic E-state index is 10.9. The van der Waals surface area contributed by atoms with Gasteiger partial charge in [0.05, 0.1) is 18.3 Å². The summed E-state index contributed by atoms with van der Waals surface area (Å²) in [5.74, 6) is 3.26. The largest absolute Gasteiger partial charge is 0.387 e. The lowest BCUT2D eigenvalue weighted by Gasteiger charge is -2.62. The van der Waals surface area contributed by atoms with Gasteiger partial charge in [-0.25, -0.2) is 0 Å². The molecule has 4 rings (SSSR count). The van der Waals surface area contributed by atoms with Gasteiger partial charge >= 0.3 is 0 Å². The van der Waals surface area contributed by atoms with Crippen molar-refractivity contribution in [1.82, 2.24) is 0 Å². The second-order valence-corrected chi connectivity index (χ2v) is 10.4. The van der Waals surface area contributed by atoms with Gasteiger partial charge in [-0.1, -0.05) is 13.8 Å². The van der Waals surface area contributed by atoms with Crippen LogP contribution < -0.4 is 0 Å². The molecule has 0 amide bonds. The monoisotopic (exact) mass is 350 g/mol. The third kappa shape index (κ3) is 2.63. The van der Waals surface area contributed by atoms with Crippen LogP contribution in [0.2, 0.25) is 0 Å². The quantitative estimate of drug-likeness (QED) is 0.819. The van der Waals surface area contributed by atoms with Gasteiger partial charge in [0.2, 0.25) is 0 Å². The first-order valence-corrected chi connectivity index (χ1v) is 10.6. The van der Waals surface area contributed by atoms with Crippen LogP contribution in [0.1, 0.15) is 71.6 Å². The highest BCUT2D eigenvalue weighted by molar-refractivity contribution is 5.10. The maximum Gasteiger partial charge on any atom is 0.0883 e. The Kier molecular flexibility index (Phi) is 4.53. The lowest BCUT2D eigenvalue weighted by Crippen LogP contribution is -2.57. The third-order valence-corrected chi connectivity index (χ3v) is 9.43. The van der Waals surface area contributed by atoms with E-state index in [0.717, 1.165) is 30.6 Å². The molecule has 4 aliphatic carbocycles. The van der Waals surface area contributed by atoms with Gasteiger partial charge in [-0.15, -0.1) is 0 Å². The fraction of sp³-hybridized carbons (Fsp3) is 1.00. The van der Waals surface area contributed by atoms with Crippen molar-refractivity contribution in [3.8, 4) is 0 Å². The number of hydrogen-bond acceptors (Lipinski definition) is 3. The molecule has 3 heteroatoms. The van der Waals surface area contributed by atoms with E-state index in [1.54, 1.807) is 7.11 Å². The van der Waals surface area contributed by atoms with Crippen molar-refractivity contribution in [2.75, 3.05) is 20.8 Å². The number of fused-ring (bicyclic) bond motifs is 5. The molecule has 0 aliphatic heterocycles. The average molecular weight is 351 g/mol. The van der Waals surface area contributed by atoms with Crippen molar-refractivity contribution in [3.63, 3.8) is 0 Å². The van der Waals surface area contributed by atoms with E-state index in [1.807, 2.05) is 7.11 Å². The minimum atomic E-state index is -0.580. The highest BCUT2D eigenvalue weighted by Gasteiger charge is 2.61. The van der Waals surface area contributed by atoms with E-state index < -0.39 is 5.60 Å². The molecule has 4 aliphatic rings. The summed E-state index contributed by atoms with van der Waals surface area (Å²) < 4.78 is 11.2. The van der Waals surface area contributed by atoms with Gasteiger partial charge in [-0.3, -0.25) is 0 Å². The van der Waals surface area contributed by atoms with Gasteiger partial charge in [0.1, 0.15) is 0 Å². The summed E-state index contributed by atoms with van der Waals surface area (Å²) in [5, 5.41) is 10.9. The van der Waals surface area contributed by atoms with Crippen molar-refractivity contribution in [3.05, 3.63) is 0 Å². The fourth-order valence-electron chi connectivity index (χ4n) is 8.06. The zero-order valence-corrected chi connectivity index (χ0v) is 16.7. The Balaban J connectivity index is 1.56. The highest BCUT2D eigenvalue weighted by Crippen LogP contribution is 2.67. The van der Waals surface area contributed by atoms with Gasteiger partial charge in [-0.05, 0) is 92.3 Å². The van der Waals surface area contributed by atoms with Crippen molar-refractivity contribution >= 4 is 0 Å². The summed E-state index contributed by atoms with van der Waals surface area (Å²) in [5.41, 5.74) is 0.253. The first-order valence-electron chi connectivity index (χ1n) is 10.6. The molecule has 0 aromatic heterocycles. The molecule has 0 aromatic carbocycles. The minimum Gasteiger partial charge on any atom is -0.387 e. The molecule has 0 aromatic rings. The molecule has 8 atom stereocenters. The Morgan fingerprint density at radius 3 is 2.36 bits per heavy atom. The number of rotatable bonds is 3. The molecule has 1 N–H and O–H groups in total. The second-order valence-electron chi connectivity index (χ2n) is 10.4. The second kappa shape index (κ2) is 6.21. The van der Waals surface area contributed by atoms with Crippen LogP contribution in [-0.4, -0.2) is 37.6 Å². The third-order valence-electron chi connectivity index (χ3n) is 9.43. The fourth-order valence-corrected chi connectivity index (χ4v) is 8.06. The van der Waals surface area contributed by atoms with Gasteiger partial charge in [0.15, 0.2) is 0 Å². The predicted octanol–water partition coefficient (Wildman–Crippen LogP) is 4.42. The zero-order valence-electron chi connectivity index (χ0n) is 16.7. The molecule has 25 heavy (non-hydrogen) atoms. The van der Waals surface area contributed by atoms with Crippen molar-refractivity contribution in [2.45, 2.75) is 83.3 Å². The Morgan fingerprint density at radius 1 is 0.880 bits per heavy atom. The summed E-state index contributed by atoms with van der Waals surface area (Å²) in [4.78, 5) is 0. The molecule has 0 spiro atoms. The van der Waals surface area contributed by atoms with Crippen LogP contribution in [0.3, 0.4) is 0 Å². The predicted molar refractivity (Wildman–Crippen MR) is 99.3 cm³/mol. The van der Waals surface area contributed by atoms with E-state index in [9.17, 15) is 5.11 Å². The first-order chi connectivity index (χ1) is 11.9. The SMILES string of the molecule is COC[C@@]1(O)CC[C@@]2(C)[C@H](CC[C@@H]3[C@@H]2CC[C@]2(C)[C@@H](OC)CC[C@@H]32)C1. The molecule has 4 fully saturated rings. The first kappa shape index (κ1) is 18.3. The van der Waals surface area contributed by atoms with Crippen molar-refractivity contribution in [1.29, 1.82) is 0 Å². The van der Waals surface area contributed by atoms with Gasteiger partial charge in [0, 0.05) is 14.2 Å². The maximum absolute atomic E-state index is 10.9. The number of aliphatic hydroxyl groups is 1. The van der Waals surface area contributed by atoms with Crippen LogP contribution in [0.4, 0.5) is 0 Å². The van der Waals surface area contributed by atoms with Crippen LogP contribution in [0.5, 0.6) is 0 Å². The van der Waals surface area contributed by atoms with Crippen molar-refractivity contribution in [2.24, 2.45) is 34.5 Å². The Hall–Kier alpha value is -0.120. The Bertz CT molecular complexity index is 508. The van der Waals surface area contributed by atoms with Gasteiger partial charge < -0.3 is 14.6 Å². The average Bonchev–Trinajstić information content (AvgIpc) is 2.92. The molecular weight excluding hydrogens is 312 g/mol. The number of hydrogen-bond donors (Lipinski definition) is 1. The lowest BCUT2D eigenvalue weighted by molar-refractivity contribution is -0.167. The van der Waals surface area contributed by atoms with Crippen LogP contribution >= 0.6 is 0 Å². The normalized spacial score (nSPS) is 55.3. The summed E-state index contributed by atoms with van der Waals surface area (Å²) in [6.45, 7) is 5.58. The summed E-state index contributed by atoms with van der Waals surface area (Å²) in [6.07, 6.45) is 11.5. The molecule has 3 nitrogen and oxygen atoms in total. The van der Waals surface area contributed by atoms with Crippen LogP contribution in [-0.2, 0) is 9.47 Å². The summed E-state index contributed by atoms with van der Waals surface area (Å²) in [7, 11) is 3.64. The highest BCUT2D eigenvalue weighted by atomic mass is 16.5. The van der Waals surface area contributed by atoms with Crippen LogP contribution in [0.15, 0.2) is 0 Å². The van der Waals surface area contributed by atoms with E-state index in [4.69, 9.17) is 9.47 Å². The molecule has 4 saturated carbocycles. The van der Waals surface area contributed by atoms with Gasteiger partial charge in [0.25, 0.3) is 0 Å². The Morgan fingerprint density at radius 2 is 1.64 bits per heavy atom. The standard InChI is InChI=1S/C22H38O3/c1-20-11-12-22(23,14-24-3)13-15(20)5-6-16-17-7-8-19(25-4)21(17,2)10-9-18(16)20/h15-19,23H,5-14H2,1-4H3/t15-,16+,17+,18+,19+,20+,21+,22-/m1/s1. The molecule has 0 radical (unpaired) electrons. The molecule has 0 unspecified atom stereocenters. The van der Waals surface area contributed by atoms with Crippen LogP contribution in [0.25, 0.3) is 0 Å². The molecule has 144 valence electrons. The van der Waals surface area contributed by atoms with Gasteiger partial charge in [-0.2, -0.15) is 0 Å². The van der Waals surface area contributed by atoms with Crippen LogP contribution in [0, 0.1) is 34.5 Å². The van der Waals surface area contributed by atoms with E-state index in [0.29, 0.717) is 29.5 Å². The van der Waals surface area contributed by atoms with E-state index in [-0.39, 0.29) is 0 Å². The molecule has 0 heterocycles. The van der Waals surface area contributed by atoms with E-state index >= 15 is 0 Å². The summed E-state index contributed by atoms with van der Waals surface area (Å²) >= 11 is 0. The minimum absolute atomic E-state index is 0.407. The van der Waals surface area contributed by atoms with Crippen molar-refractivity contribution < 1.29 is 14.6 Å². The Labute approximate surface area is 153 Å². The summed E-state index contributed by atoms with van der Waals surface area (Å²) in [6, 6.07) is 0. The number of methoxy groups -OCH3 is 2. The molecule has 0 saturated heterocycles. The lowest BCUT2D eigenvalue weighted by atomic mass is 9.44. The van der Waals surface area contributed by atoms with E-state index in [2.05, 4.69) is 13.8 Å². The smallest absolute Gasteiger partial charge is 0.0883 e. The molecule has 0 bridgehead atoms. The number of ether oxygens (including phenoxy) is 2. The zero-order chi connectivity index (χ0) is 17.9. The topological polar surface area (TPSA) is 38.7 Å². The molecular formula is C22H38O3.